The van der Waals surface area contributed by atoms with Gasteiger partial charge in [-0.2, -0.15) is 13.2 Å². The molecule has 2 N–H and O–H groups in total. The first-order valence-electron chi connectivity index (χ1n) is 4.44. The van der Waals surface area contributed by atoms with E-state index in [4.69, 9.17) is 5.73 Å². The van der Waals surface area contributed by atoms with Crippen molar-refractivity contribution >= 4 is 21.8 Å². The molecule has 0 heterocycles. The number of primary amides is 1. The first-order valence-corrected chi connectivity index (χ1v) is 5.24. The van der Waals surface area contributed by atoms with E-state index < -0.39 is 17.6 Å². The van der Waals surface area contributed by atoms with Crippen LogP contribution in [0.1, 0.15) is 17.5 Å². The fourth-order valence-corrected chi connectivity index (χ4v) is 1.53. The second-order valence-electron chi connectivity index (χ2n) is 3.14. The Morgan fingerprint density at radius 1 is 1.41 bits per heavy atom. The van der Waals surface area contributed by atoms with Crippen molar-refractivity contribution in [3.63, 3.8) is 0 Å². The minimum atomic E-state index is -4.44. The largest absolute Gasteiger partial charge is 0.417 e. The molecule has 0 aliphatic carbocycles. The molecule has 0 aromatic heterocycles. The summed E-state index contributed by atoms with van der Waals surface area (Å²) in [5, 5.41) is 0. The molecular formula is C11H7BrF3NO. The lowest BCUT2D eigenvalue weighted by atomic mass is 10.1. The van der Waals surface area contributed by atoms with Crippen molar-refractivity contribution in [3.8, 4) is 11.8 Å². The van der Waals surface area contributed by atoms with Gasteiger partial charge in [-0.1, -0.05) is 27.8 Å². The van der Waals surface area contributed by atoms with Gasteiger partial charge >= 0.3 is 6.18 Å². The molecule has 2 nitrogen and oxygen atoms in total. The van der Waals surface area contributed by atoms with Crippen molar-refractivity contribution in [3.05, 3.63) is 33.8 Å². The van der Waals surface area contributed by atoms with E-state index in [-0.39, 0.29) is 16.5 Å². The van der Waals surface area contributed by atoms with Crippen LogP contribution in [0.4, 0.5) is 13.2 Å². The van der Waals surface area contributed by atoms with Gasteiger partial charge in [0.1, 0.15) is 0 Å². The monoisotopic (exact) mass is 305 g/mol. The lowest BCUT2D eigenvalue weighted by Crippen LogP contribution is -2.08. The zero-order valence-corrected chi connectivity index (χ0v) is 10.0. The first kappa shape index (κ1) is 13.6. The molecule has 1 aromatic rings. The number of carbonyl (C=O) groups excluding carboxylic acids is 1. The highest BCUT2D eigenvalue weighted by Gasteiger charge is 2.32. The molecular weight excluding hydrogens is 299 g/mol. The molecule has 0 unspecified atom stereocenters. The van der Waals surface area contributed by atoms with Crippen LogP contribution in [0.5, 0.6) is 0 Å². The van der Waals surface area contributed by atoms with Crippen LogP contribution in [0, 0.1) is 11.8 Å². The number of alkyl halides is 3. The normalized spacial score (nSPS) is 10.6. The third kappa shape index (κ3) is 4.11. The average Bonchev–Trinajstić information content (AvgIpc) is 2.18. The molecule has 1 amide bonds. The van der Waals surface area contributed by atoms with E-state index >= 15 is 0 Å². The topological polar surface area (TPSA) is 43.1 Å². The molecule has 0 radical (unpaired) electrons. The standard InChI is InChI=1S/C11H7BrF3NO/c12-9-5-4-7(2-1-3-10(16)17)6-8(9)11(13,14)15/h4-6H,3H2,(H2,16,17). The summed E-state index contributed by atoms with van der Waals surface area (Å²) in [7, 11) is 0. The SMILES string of the molecule is NC(=O)CC#Cc1ccc(Br)c(C(F)(F)F)c1. The van der Waals surface area contributed by atoms with E-state index in [1.807, 2.05) is 0 Å². The van der Waals surface area contributed by atoms with Gasteiger partial charge in [0.25, 0.3) is 0 Å². The number of hydrogen-bond acceptors (Lipinski definition) is 1. The van der Waals surface area contributed by atoms with E-state index in [9.17, 15) is 18.0 Å². The van der Waals surface area contributed by atoms with Crippen LogP contribution < -0.4 is 5.73 Å². The van der Waals surface area contributed by atoms with Gasteiger partial charge in [0.2, 0.25) is 5.91 Å². The van der Waals surface area contributed by atoms with Crippen LogP contribution in [-0.2, 0) is 11.0 Å². The van der Waals surface area contributed by atoms with Crippen LogP contribution >= 0.6 is 15.9 Å². The lowest BCUT2D eigenvalue weighted by molar-refractivity contribution is -0.138. The van der Waals surface area contributed by atoms with Crippen LogP contribution in [0.25, 0.3) is 0 Å². The van der Waals surface area contributed by atoms with Gasteiger partial charge in [0, 0.05) is 10.0 Å². The zero-order valence-electron chi connectivity index (χ0n) is 8.44. The Kier molecular flexibility index (Phi) is 4.18. The average molecular weight is 306 g/mol. The number of amides is 1. The van der Waals surface area contributed by atoms with E-state index in [1.54, 1.807) is 0 Å². The summed E-state index contributed by atoms with van der Waals surface area (Å²) < 4.78 is 37.5. The van der Waals surface area contributed by atoms with E-state index in [0.29, 0.717) is 0 Å². The lowest BCUT2D eigenvalue weighted by Gasteiger charge is -2.08. The Balaban J connectivity index is 3.04. The fraction of sp³-hybridized carbons (Fsp3) is 0.182. The molecule has 0 fully saturated rings. The quantitative estimate of drug-likeness (QED) is 0.797. The van der Waals surface area contributed by atoms with Gasteiger partial charge < -0.3 is 5.73 Å². The molecule has 6 heteroatoms. The van der Waals surface area contributed by atoms with E-state index in [2.05, 4.69) is 27.8 Å². The maximum atomic E-state index is 12.5. The zero-order chi connectivity index (χ0) is 13.1. The Bertz CT molecular complexity index is 500. The molecule has 0 aliphatic rings. The molecule has 1 rings (SSSR count). The minimum Gasteiger partial charge on any atom is -0.369 e. The van der Waals surface area contributed by atoms with Gasteiger partial charge in [-0.3, -0.25) is 4.79 Å². The van der Waals surface area contributed by atoms with Crippen molar-refractivity contribution < 1.29 is 18.0 Å². The molecule has 17 heavy (non-hydrogen) atoms. The number of nitrogens with two attached hydrogens (primary N) is 1. The van der Waals surface area contributed by atoms with Gasteiger partial charge in [-0.15, -0.1) is 0 Å². The summed E-state index contributed by atoms with van der Waals surface area (Å²) >= 11 is 2.82. The highest BCUT2D eigenvalue weighted by Crippen LogP contribution is 2.35. The first-order chi connectivity index (χ1) is 7.80. The van der Waals surface area contributed by atoms with Gasteiger partial charge in [-0.05, 0) is 18.2 Å². The predicted molar refractivity (Wildman–Crippen MR) is 59.8 cm³/mol. The summed E-state index contributed by atoms with van der Waals surface area (Å²) in [4.78, 5) is 10.4. The van der Waals surface area contributed by atoms with Crippen molar-refractivity contribution in [2.75, 3.05) is 0 Å². The Morgan fingerprint density at radius 3 is 2.59 bits per heavy atom. The molecule has 90 valence electrons. The van der Waals surface area contributed by atoms with Gasteiger partial charge in [-0.25, -0.2) is 0 Å². The summed E-state index contributed by atoms with van der Waals surface area (Å²) in [6.07, 6.45) is -4.63. The molecule has 0 saturated heterocycles. The Morgan fingerprint density at radius 2 is 2.06 bits per heavy atom. The highest BCUT2D eigenvalue weighted by atomic mass is 79.9. The number of carbonyl (C=O) groups is 1. The summed E-state index contributed by atoms with van der Waals surface area (Å²) in [6.45, 7) is 0. The van der Waals surface area contributed by atoms with Crippen LogP contribution in [0.2, 0.25) is 0 Å². The maximum Gasteiger partial charge on any atom is 0.417 e. The van der Waals surface area contributed by atoms with Gasteiger partial charge in [0.05, 0.1) is 12.0 Å². The molecule has 1 aromatic carbocycles. The van der Waals surface area contributed by atoms with Crippen LogP contribution in [0.3, 0.4) is 0 Å². The molecule has 0 spiro atoms. The number of hydrogen-bond donors (Lipinski definition) is 1. The van der Waals surface area contributed by atoms with Crippen molar-refractivity contribution in [2.24, 2.45) is 5.73 Å². The maximum absolute atomic E-state index is 12.5. The fourth-order valence-electron chi connectivity index (χ4n) is 1.05. The van der Waals surface area contributed by atoms with Crippen LogP contribution in [-0.4, -0.2) is 5.91 Å². The second-order valence-corrected chi connectivity index (χ2v) is 3.99. The van der Waals surface area contributed by atoms with Crippen molar-refractivity contribution in [1.82, 2.24) is 0 Å². The summed E-state index contributed by atoms with van der Waals surface area (Å²) in [5.74, 6) is 4.22. The number of rotatable bonds is 1. The highest BCUT2D eigenvalue weighted by molar-refractivity contribution is 9.10. The van der Waals surface area contributed by atoms with Crippen LogP contribution in [0.15, 0.2) is 22.7 Å². The van der Waals surface area contributed by atoms with Crippen molar-refractivity contribution in [1.29, 1.82) is 0 Å². The number of halogens is 4. The van der Waals surface area contributed by atoms with Gasteiger partial charge in [0.15, 0.2) is 0 Å². The molecule has 0 atom stereocenters. The molecule has 0 aliphatic heterocycles. The summed E-state index contributed by atoms with van der Waals surface area (Å²) in [5.41, 5.74) is 4.23. The smallest absolute Gasteiger partial charge is 0.369 e. The van der Waals surface area contributed by atoms with E-state index in [0.717, 1.165) is 6.07 Å². The Hall–Kier alpha value is -1.48. The minimum absolute atomic E-state index is 0.0505. The molecule has 0 saturated carbocycles. The third-order valence-electron chi connectivity index (χ3n) is 1.77. The second kappa shape index (κ2) is 5.23. The van der Waals surface area contributed by atoms with E-state index in [1.165, 1.54) is 12.1 Å². The third-order valence-corrected chi connectivity index (χ3v) is 2.46. The predicted octanol–water partition coefficient (Wildman–Crippen LogP) is 2.69. The van der Waals surface area contributed by atoms with Crippen molar-refractivity contribution in [2.45, 2.75) is 12.6 Å². The Labute approximate surface area is 104 Å². The molecule has 0 bridgehead atoms. The number of benzene rings is 1. The summed E-state index contributed by atoms with van der Waals surface area (Å²) in [6, 6.07) is 3.60.